The highest BCUT2D eigenvalue weighted by atomic mass is 32.2. The Morgan fingerprint density at radius 1 is 1.24 bits per heavy atom. The zero-order valence-corrected chi connectivity index (χ0v) is 13.3. The van der Waals surface area contributed by atoms with Crippen LogP contribution < -0.4 is 5.14 Å². The number of hydrogen-bond donors (Lipinski definition) is 1. The van der Waals surface area contributed by atoms with Crippen molar-refractivity contribution >= 4 is 10.0 Å². The van der Waals surface area contributed by atoms with Crippen LogP contribution in [-0.2, 0) is 23.0 Å². The molecule has 0 aliphatic heterocycles. The predicted molar refractivity (Wildman–Crippen MR) is 80.2 cm³/mol. The number of benzene rings is 1. The normalized spacial score (nSPS) is 12.0. The van der Waals surface area contributed by atoms with E-state index in [-0.39, 0.29) is 11.1 Å². The second kappa shape index (κ2) is 5.95. The number of sulfonamides is 1. The molecule has 0 saturated heterocycles. The van der Waals surface area contributed by atoms with Gasteiger partial charge < -0.3 is 4.57 Å². The first-order valence-electron chi connectivity index (χ1n) is 6.78. The zero-order chi connectivity index (χ0) is 15.6. The summed E-state index contributed by atoms with van der Waals surface area (Å²) in [4.78, 5) is 0. The van der Waals surface area contributed by atoms with Crippen LogP contribution in [0.5, 0.6) is 0 Å². The summed E-state index contributed by atoms with van der Waals surface area (Å²) in [7, 11) is -3.87. The fraction of sp³-hybridized carbons (Fsp3) is 0.429. The van der Waals surface area contributed by atoms with Gasteiger partial charge in [-0.15, -0.1) is 10.2 Å². The molecule has 0 fully saturated rings. The lowest BCUT2D eigenvalue weighted by molar-refractivity contribution is 0.472. The molecule has 6 nitrogen and oxygen atoms in total. The first-order chi connectivity index (χ1) is 9.79. The molecule has 2 rings (SSSR count). The van der Waals surface area contributed by atoms with Crippen LogP contribution in [-0.4, -0.2) is 23.2 Å². The van der Waals surface area contributed by atoms with Gasteiger partial charge in [-0.25, -0.2) is 13.6 Å². The lowest BCUT2D eigenvalue weighted by atomic mass is 10.1. The Hall–Kier alpha value is -1.73. The maximum atomic E-state index is 11.6. The molecule has 0 atom stereocenters. The second-order valence-corrected chi connectivity index (χ2v) is 7.01. The van der Waals surface area contributed by atoms with Crippen LogP contribution in [0.3, 0.4) is 0 Å². The molecule has 2 N–H and O–H groups in total. The van der Waals surface area contributed by atoms with E-state index in [0.29, 0.717) is 18.8 Å². The summed E-state index contributed by atoms with van der Waals surface area (Å²) in [6.45, 7) is 6.54. The standard InChI is InChI=1S/C14H20N4O2S/c1-10(2)9-18-13(16-17-14(18)21(15,19)20)8-12-7-5-4-6-11(12)3/h4-7,10H,8-9H2,1-3H3,(H2,15,19,20). The summed E-state index contributed by atoms with van der Waals surface area (Å²) < 4.78 is 24.8. The van der Waals surface area contributed by atoms with Gasteiger partial charge in [0.25, 0.3) is 15.2 Å². The van der Waals surface area contributed by atoms with Crippen molar-refractivity contribution in [2.24, 2.45) is 11.1 Å². The lowest BCUT2D eigenvalue weighted by Gasteiger charge is -2.12. The van der Waals surface area contributed by atoms with Crippen molar-refractivity contribution in [1.82, 2.24) is 14.8 Å². The number of primary sulfonamides is 1. The van der Waals surface area contributed by atoms with Crippen molar-refractivity contribution in [2.75, 3.05) is 0 Å². The molecule has 0 saturated carbocycles. The van der Waals surface area contributed by atoms with Gasteiger partial charge in [-0.1, -0.05) is 38.1 Å². The Balaban J connectivity index is 2.45. The summed E-state index contributed by atoms with van der Waals surface area (Å²) in [5.41, 5.74) is 2.23. The minimum Gasteiger partial charge on any atom is -0.300 e. The van der Waals surface area contributed by atoms with Gasteiger partial charge in [0, 0.05) is 13.0 Å². The Bertz CT molecular complexity index is 735. The second-order valence-electron chi connectivity index (χ2n) is 5.55. The molecule has 0 spiro atoms. The molecule has 0 bridgehead atoms. The van der Waals surface area contributed by atoms with Gasteiger partial charge in [-0.2, -0.15) is 0 Å². The summed E-state index contributed by atoms with van der Waals surface area (Å²) in [5.74, 6) is 0.874. The SMILES string of the molecule is Cc1ccccc1Cc1nnc(S(N)(=O)=O)n1CC(C)C. The van der Waals surface area contributed by atoms with Crippen molar-refractivity contribution in [1.29, 1.82) is 0 Å². The van der Waals surface area contributed by atoms with Crippen molar-refractivity contribution in [3.8, 4) is 0 Å². The Morgan fingerprint density at radius 2 is 1.90 bits per heavy atom. The minimum absolute atomic E-state index is 0.167. The molecule has 0 unspecified atom stereocenters. The number of nitrogens with two attached hydrogens (primary N) is 1. The maximum absolute atomic E-state index is 11.6. The first-order valence-corrected chi connectivity index (χ1v) is 8.33. The average Bonchev–Trinajstić information content (AvgIpc) is 2.74. The van der Waals surface area contributed by atoms with Crippen molar-refractivity contribution in [3.63, 3.8) is 0 Å². The van der Waals surface area contributed by atoms with E-state index in [0.717, 1.165) is 11.1 Å². The molecule has 0 aliphatic carbocycles. The highest BCUT2D eigenvalue weighted by Crippen LogP contribution is 2.16. The number of aromatic nitrogens is 3. The zero-order valence-electron chi connectivity index (χ0n) is 12.4. The molecule has 21 heavy (non-hydrogen) atoms. The summed E-state index contributed by atoms with van der Waals surface area (Å²) in [6.07, 6.45) is 0.530. The fourth-order valence-electron chi connectivity index (χ4n) is 2.19. The third kappa shape index (κ3) is 3.68. The molecule has 114 valence electrons. The largest absolute Gasteiger partial charge is 0.300 e. The van der Waals surface area contributed by atoms with Crippen LogP contribution in [0.4, 0.5) is 0 Å². The highest BCUT2D eigenvalue weighted by Gasteiger charge is 2.22. The highest BCUT2D eigenvalue weighted by molar-refractivity contribution is 7.89. The summed E-state index contributed by atoms with van der Waals surface area (Å²) in [5, 5.41) is 12.8. The molecule has 7 heteroatoms. The van der Waals surface area contributed by atoms with Crippen molar-refractivity contribution in [2.45, 2.75) is 38.9 Å². The van der Waals surface area contributed by atoms with Gasteiger partial charge in [0.05, 0.1) is 0 Å². The van der Waals surface area contributed by atoms with Gasteiger partial charge in [0.1, 0.15) is 5.82 Å². The van der Waals surface area contributed by atoms with Crippen LogP contribution >= 0.6 is 0 Å². The monoisotopic (exact) mass is 308 g/mol. The van der Waals surface area contributed by atoms with E-state index in [1.807, 2.05) is 45.0 Å². The molecular weight excluding hydrogens is 288 g/mol. The van der Waals surface area contributed by atoms with E-state index in [9.17, 15) is 8.42 Å². The third-order valence-corrected chi connectivity index (χ3v) is 4.02. The maximum Gasteiger partial charge on any atom is 0.273 e. The Kier molecular flexibility index (Phi) is 4.43. The van der Waals surface area contributed by atoms with Crippen molar-refractivity contribution in [3.05, 3.63) is 41.2 Å². The Morgan fingerprint density at radius 3 is 2.48 bits per heavy atom. The topological polar surface area (TPSA) is 90.9 Å². The lowest BCUT2D eigenvalue weighted by Crippen LogP contribution is -2.21. The Labute approximate surface area is 125 Å². The fourth-order valence-corrected chi connectivity index (χ4v) is 2.83. The summed E-state index contributed by atoms with van der Waals surface area (Å²) >= 11 is 0. The molecule has 0 aliphatic rings. The molecule has 1 heterocycles. The van der Waals surface area contributed by atoms with Gasteiger partial charge in [0.15, 0.2) is 0 Å². The van der Waals surface area contributed by atoms with Gasteiger partial charge in [-0.3, -0.25) is 0 Å². The van der Waals surface area contributed by atoms with E-state index in [1.165, 1.54) is 0 Å². The van der Waals surface area contributed by atoms with E-state index in [4.69, 9.17) is 5.14 Å². The quantitative estimate of drug-likeness (QED) is 0.905. The van der Waals surface area contributed by atoms with Crippen LogP contribution in [0, 0.1) is 12.8 Å². The van der Waals surface area contributed by atoms with Gasteiger partial charge in [0.2, 0.25) is 0 Å². The van der Waals surface area contributed by atoms with Crippen LogP contribution in [0.2, 0.25) is 0 Å². The van der Waals surface area contributed by atoms with Gasteiger partial charge >= 0.3 is 0 Å². The number of rotatable bonds is 5. The molecular formula is C14H20N4O2S. The first kappa shape index (κ1) is 15.7. The van der Waals surface area contributed by atoms with Crippen molar-refractivity contribution < 1.29 is 8.42 Å². The average molecular weight is 308 g/mol. The van der Waals surface area contributed by atoms with E-state index >= 15 is 0 Å². The van der Waals surface area contributed by atoms with Gasteiger partial charge in [-0.05, 0) is 24.0 Å². The van der Waals surface area contributed by atoms with Crippen LogP contribution in [0.1, 0.15) is 30.8 Å². The van der Waals surface area contributed by atoms with E-state index in [1.54, 1.807) is 4.57 Å². The number of aryl methyl sites for hydroxylation is 1. The molecule has 1 aromatic carbocycles. The number of hydrogen-bond acceptors (Lipinski definition) is 4. The predicted octanol–water partition coefficient (Wildman–Crippen LogP) is 1.48. The molecule has 0 radical (unpaired) electrons. The minimum atomic E-state index is -3.87. The van der Waals surface area contributed by atoms with E-state index < -0.39 is 10.0 Å². The summed E-state index contributed by atoms with van der Waals surface area (Å²) in [6, 6.07) is 7.93. The van der Waals surface area contributed by atoms with E-state index in [2.05, 4.69) is 10.2 Å². The van der Waals surface area contributed by atoms with Crippen LogP contribution in [0.25, 0.3) is 0 Å². The third-order valence-electron chi connectivity index (χ3n) is 3.21. The van der Waals surface area contributed by atoms with Crippen LogP contribution in [0.15, 0.2) is 29.4 Å². The molecule has 0 amide bonds. The number of nitrogens with zero attached hydrogens (tertiary/aromatic N) is 3. The molecule has 2 aromatic rings. The smallest absolute Gasteiger partial charge is 0.273 e. The molecule has 1 aromatic heterocycles.